The van der Waals surface area contributed by atoms with Gasteiger partial charge in [0, 0.05) is 13.1 Å². The molecule has 0 heterocycles. The summed E-state index contributed by atoms with van der Waals surface area (Å²) in [6.45, 7) is 2.79. The van der Waals surface area contributed by atoms with Crippen LogP contribution in [0, 0.1) is 5.92 Å². The molecule has 0 aromatic carbocycles. The number of hydrogen-bond acceptors (Lipinski definition) is 3. The second kappa shape index (κ2) is 7.58. The molecular weight excluding hydrogens is 184 g/mol. The molecule has 0 aliphatic rings. The van der Waals surface area contributed by atoms with Crippen molar-refractivity contribution in [1.29, 1.82) is 0 Å². The summed E-state index contributed by atoms with van der Waals surface area (Å²) in [6.07, 6.45) is 0.942. The number of amides is 1. The summed E-state index contributed by atoms with van der Waals surface area (Å²) in [7, 11) is 0. The van der Waals surface area contributed by atoms with Crippen LogP contribution in [-0.4, -0.2) is 35.5 Å². The topological polar surface area (TPSA) is 95.6 Å². The van der Waals surface area contributed by atoms with Crippen LogP contribution < -0.4 is 11.1 Å². The van der Waals surface area contributed by atoms with Crippen LogP contribution in [0.15, 0.2) is 0 Å². The Morgan fingerprint density at radius 3 is 2.57 bits per heavy atom. The number of aliphatic hydroxyl groups excluding tert-OH is 1. The molecule has 1 unspecified atom stereocenters. The molecule has 84 valence electrons. The highest BCUT2D eigenvalue weighted by Crippen LogP contribution is 2.10. The van der Waals surface area contributed by atoms with E-state index >= 15 is 0 Å². The lowest BCUT2D eigenvalue weighted by Gasteiger charge is -2.13. The quantitative estimate of drug-likeness (QED) is 0.482. The van der Waals surface area contributed by atoms with Crippen LogP contribution in [0.1, 0.15) is 26.2 Å². The number of nitrogens with two attached hydrogens (primary N) is 1. The fourth-order valence-electron chi connectivity index (χ4n) is 1.16. The SMILES string of the molecule is C[C@@H](CCNC(=O)O)CCC(O)CN. The average Bonchev–Trinajstić information content (AvgIpc) is 2.13. The van der Waals surface area contributed by atoms with E-state index in [2.05, 4.69) is 5.32 Å². The zero-order valence-electron chi connectivity index (χ0n) is 8.57. The lowest BCUT2D eigenvalue weighted by Crippen LogP contribution is -2.24. The van der Waals surface area contributed by atoms with Gasteiger partial charge in [0.05, 0.1) is 6.10 Å². The summed E-state index contributed by atoms with van der Waals surface area (Å²) in [4.78, 5) is 10.1. The van der Waals surface area contributed by atoms with Crippen LogP contribution >= 0.6 is 0 Å². The molecule has 1 amide bonds. The Labute approximate surface area is 84.3 Å². The molecule has 14 heavy (non-hydrogen) atoms. The Morgan fingerprint density at radius 1 is 1.43 bits per heavy atom. The molecule has 2 atom stereocenters. The lowest BCUT2D eigenvalue weighted by molar-refractivity contribution is 0.162. The minimum absolute atomic E-state index is 0.292. The summed E-state index contributed by atoms with van der Waals surface area (Å²) in [5.74, 6) is 0.406. The minimum atomic E-state index is -0.987. The summed E-state index contributed by atoms with van der Waals surface area (Å²) in [5, 5.41) is 19.8. The van der Waals surface area contributed by atoms with Gasteiger partial charge in [-0.15, -0.1) is 0 Å². The second-order valence-electron chi connectivity index (χ2n) is 3.59. The van der Waals surface area contributed by atoms with E-state index in [0.717, 1.165) is 12.8 Å². The van der Waals surface area contributed by atoms with Gasteiger partial charge in [0.1, 0.15) is 0 Å². The van der Waals surface area contributed by atoms with Gasteiger partial charge in [-0.25, -0.2) is 4.79 Å². The van der Waals surface area contributed by atoms with Crippen molar-refractivity contribution in [3.63, 3.8) is 0 Å². The largest absolute Gasteiger partial charge is 0.465 e. The van der Waals surface area contributed by atoms with Crippen molar-refractivity contribution < 1.29 is 15.0 Å². The first-order valence-corrected chi connectivity index (χ1v) is 4.91. The van der Waals surface area contributed by atoms with Gasteiger partial charge in [0.15, 0.2) is 0 Å². The second-order valence-corrected chi connectivity index (χ2v) is 3.59. The molecule has 0 fully saturated rings. The maximum Gasteiger partial charge on any atom is 0.404 e. The van der Waals surface area contributed by atoms with Crippen LogP contribution in [0.25, 0.3) is 0 Å². The molecule has 5 nitrogen and oxygen atoms in total. The van der Waals surface area contributed by atoms with Crippen molar-refractivity contribution in [2.45, 2.75) is 32.3 Å². The van der Waals surface area contributed by atoms with E-state index in [-0.39, 0.29) is 0 Å². The van der Waals surface area contributed by atoms with Gasteiger partial charge in [-0.05, 0) is 25.2 Å². The predicted octanol–water partition coefficient (Wildman–Crippen LogP) is 0.380. The van der Waals surface area contributed by atoms with E-state index in [1.165, 1.54) is 0 Å². The smallest absolute Gasteiger partial charge is 0.404 e. The monoisotopic (exact) mass is 204 g/mol. The van der Waals surface area contributed by atoms with Crippen LogP contribution in [0.2, 0.25) is 0 Å². The third-order valence-electron chi connectivity index (χ3n) is 2.18. The third-order valence-corrected chi connectivity index (χ3v) is 2.18. The Kier molecular flexibility index (Phi) is 7.14. The first-order valence-electron chi connectivity index (χ1n) is 4.91. The van der Waals surface area contributed by atoms with E-state index in [9.17, 15) is 9.90 Å². The molecule has 0 saturated carbocycles. The normalized spacial score (nSPS) is 14.8. The molecule has 5 heteroatoms. The molecule has 0 aromatic rings. The van der Waals surface area contributed by atoms with Gasteiger partial charge in [-0.2, -0.15) is 0 Å². The van der Waals surface area contributed by atoms with Crippen LogP contribution in [0.3, 0.4) is 0 Å². The molecule has 0 aromatic heterocycles. The van der Waals surface area contributed by atoms with Crippen LogP contribution in [-0.2, 0) is 0 Å². The minimum Gasteiger partial charge on any atom is -0.465 e. The first-order chi connectivity index (χ1) is 6.56. The number of carboxylic acid groups (broad SMARTS) is 1. The molecular formula is C9H20N2O3. The zero-order chi connectivity index (χ0) is 11.0. The maximum absolute atomic E-state index is 10.1. The van der Waals surface area contributed by atoms with Crippen LogP contribution in [0.5, 0.6) is 0 Å². The number of carbonyl (C=O) groups is 1. The van der Waals surface area contributed by atoms with E-state index in [4.69, 9.17) is 10.8 Å². The van der Waals surface area contributed by atoms with Crippen molar-refractivity contribution in [2.24, 2.45) is 11.7 Å². The van der Waals surface area contributed by atoms with Gasteiger partial charge in [0.2, 0.25) is 0 Å². The standard InChI is InChI=1S/C9H20N2O3/c1-7(2-3-8(12)6-10)4-5-11-9(13)14/h7-8,11-12H,2-6,10H2,1H3,(H,13,14)/t7-,8?/m1/s1. The summed E-state index contributed by atoms with van der Waals surface area (Å²) < 4.78 is 0. The van der Waals surface area contributed by atoms with Gasteiger partial charge < -0.3 is 21.3 Å². The van der Waals surface area contributed by atoms with E-state index in [1.807, 2.05) is 6.92 Å². The molecule has 0 aliphatic carbocycles. The predicted molar refractivity (Wildman–Crippen MR) is 54.1 cm³/mol. The Balaban J connectivity index is 3.36. The first kappa shape index (κ1) is 13.2. The van der Waals surface area contributed by atoms with Crippen molar-refractivity contribution in [3.8, 4) is 0 Å². The number of rotatable bonds is 7. The molecule has 0 radical (unpaired) electrons. The highest BCUT2D eigenvalue weighted by molar-refractivity contribution is 5.64. The average molecular weight is 204 g/mol. The highest BCUT2D eigenvalue weighted by Gasteiger charge is 2.06. The van der Waals surface area contributed by atoms with Crippen molar-refractivity contribution >= 4 is 6.09 Å². The van der Waals surface area contributed by atoms with Gasteiger partial charge >= 0.3 is 6.09 Å². The molecule has 0 rings (SSSR count). The number of nitrogens with one attached hydrogen (secondary N) is 1. The third kappa shape index (κ3) is 7.82. The summed E-state index contributed by atoms with van der Waals surface area (Å²) in [5.41, 5.74) is 5.26. The Bertz CT molecular complexity index is 164. The zero-order valence-corrected chi connectivity index (χ0v) is 8.57. The van der Waals surface area contributed by atoms with Gasteiger partial charge in [0.25, 0.3) is 0 Å². The molecule has 0 bridgehead atoms. The van der Waals surface area contributed by atoms with Gasteiger partial charge in [-0.3, -0.25) is 0 Å². The van der Waals surface area contributed by atoms with E-state index in [1.54, 1.807) is 0 Å². The van der Waals surface area contributed by atoms with Crippen molar-refractivity contribution in [1.82, 2.24) is 5.32 Å². The molecule has 0 aliphatic heterocycles. The Morgan fingerprint density at radius 2 is 2.07 bits per heavy atom. The molecule has 5 N–H and O–H groups in total. The molecule has 0 saturated heterocycles. The fourth-order valence-corrected chi connectivity index (χ4v) is 1.16. The van der Waals surface area contributed by atoms with Crippen molar-refractivity contribution in [3.05, 3.63) is 0 Å². The molecule has 0 spiro atoms. The maximum atomic E-state index is 10.1. The number of hydrogen-bond donors (Lipinski definition) is 4. The Hall–Kier alpha value is -0.810. The van der Waals surface area contributed by atoms with E-state index in [0.29, 0.717) is 25.4 Å². The van der Waals surface area contributed by atoms with Gasteiger partial charge in [-0.1, -0.05) is 6.92 Å². The van der Waals surface area contributed by atoms with Crippen molar-refractivity contribution in [2.75, 3.05) is 13.1 Å². The lowest BCUT2D eigenvalue weighted by atomic mass is 9.99. The fraction of sp³-hybridized carbons (Fsp3) is 0.889. The number of aliphatic hydroxyl groups is 1. The highest BCUT2D eigenvalue weighted by atomic mass is 16.4. The summed E-state index contributed by atoms with van der Waals surface area (Å²) >= 11 is 0. The summed E-state index contributed by atoms with van der Waals surface area (Å²) in [6, 6.07) is 0. The van der Waals surface area contributed by atoms with E-state index < -0.39 is 12.2 Å². The van der Waals surface area contributed by atoms with Crippen LogP contribution in [0.4, 0.5) is 4.79 Å².